The molecule has 104 valence electrons. The highest BCUT2D eigenvalue weighted by Gasteiger charge is 2.18. The molecule has 1 fully saturated rings. The molecule has 0 saturated carbocycles. The summed E-state index contributed by atoms with van der Waals surface area (Å²) in [6, 6.07) is 5.64. The van der Waals surface area contributed by atoms with E-state index in [4.69, 9.17) is 15.7 Å². The molecule has 0 unspecified atom stereocenters. The van der Waals surface area contributed by atoms with Gasteiger partial charge in [0.05, 0.1) is 0 Å². The van der Waals surface area contributed by atoms with Crippen LogP contribution in [-0.2, 0) is 0 Å². The lowest BCUT2D eigenvalue weighted by molar-refractivity contribution is 0.114. The lowest BCUT2D eigenvalue weighted by atomic mass is 10.1. The Balaban J connectivity index is 2.04. The molecular formula is C14H21N3O2. The molecular weight excluding hydrogens is 242 g/mol. The lowest BCUT2D eigenvalue weighted by Gasteiger charge is -2.29. The fourth-order valence-corrected chi connectivity index (χ4v) is 2.35. The molecule has 1 heterocycles. The standard InChI is InChI=1S/C14H21N3O2/c1-10-9-12(3-4-13(10)14(15)16-18)19-11-5-7-17(2)8-6-11/h3-4,9,11,18H,5-8H2,1-2H3,(H2,15,16). The Hall–Kier alpha value is -1.75. The zero-order chi connectivity index (χ0) is 13.8. The predicted octanol–water partition coefficient (Wildman–Crippen LogP) is 1.56. The van der Waals surface area contributed by atoms with Crippen molar-refractivity contribution in [1.82, 2.24) is 4.90 Å². The topological polar surface area (TPSA) is 71.1 Å². The molecule has 1 aromatic rings. The summed E-state index contributed by atoms with van der Waals surface area (Å²) in [6.07, 6.45) is 2.39. The monoisotopic (exact) mass is 263 g/mol. The van der Waals surface area contributed by atoms with Gasteiger partial charge in [-0.1, -0.05) is 5.16 Å². The van der Waals surface area contributed by atoms with Crippen LogP contribution >= 0.6 is 0 Å². The highest BCUT2D eigenvalue weighted by atomic mass is 16.5. The van der Waals surface area contributed by atoms with E-state index in [2.05, 4.69) is 17.1 Å². The van der Waals surface area contributed by atoms with Crippen LogP contribution in [0.4, 0.5) is 0 Å². The summed E-state index contributed by atoms with van der Waals surface area (Å²) in [5, 5.41) is 11.7. The number of hydrogen-bond donors (Lipinski definition) is 2. The molecule has 1 aliphatic rings. The fraction of sp³-hybridized carbons (Fsp3) is 0.500. The van der Waals surface area contributed by atoms with Crippen LogP contribution in [0.2, 0.25) is 0 Å². The number of nitrogens with two attached hydrogens (primary N) is 1. The van der Waals surface area contributed by atoms with Crippen molar-refractivity contribution < 1.29 is 9.94 Å². The van der Waals surface area contributed by atoms with Gasteiger partial charge in [0, 0.05) is 18.7 Å². The van der Waals surface area contributed by atoms with Crippen molar-refractivity contribution in [3.8, 4) is 5.75 Å². The maximum absolute atomic E-state index is 8.69. The first-order valence-corrected chi connectivity index (χ1v) is 6.54. The Morgan fingerprint density at radius 1 is 1.42 bits per heavy atom. The van der Waals surface area contributed by atoms with Gasteiger partial charge in [0.2, 0.25) is 0 Å². The average molecular weight is 263 g/mol. The molecule has 0 spiro atoms. The summed E-state index contributed by atoms with van der Waals surface area (Å²) >= 11 is 0. The van der Waals surface area contributed by atoms with Crippen molar-refractivity contribution in [2.24, 2.45) is 10.9 Å². The molecule has 0 radical (unpaired) electrons. The van der Waals surface area contributed by atoms with Crippen molar-refractivity contribution in [3.05, 3.63) is 29.3 Å². The van der Waals surface area contributed by atoms with Crippen LogP contribution in [0.3, 0.4) is 0 Å². The molecule has 0 amide bonds. The highest BCUT2D eigenvalue weighted by molar-refractivity contribution is 5.98. The number of amidine groups is 1. The maximum Gasteiger partial charge on any atom is 0.170 e. The molecule has 0 atom stereocenters. The summed E-state index contributed by atoms with van der Waals surface area (Å²) in [4.78, 5) is 2.31. The van der Waals surface area contributed by atoms with E-state index in [-0.39, 0.29) is 11.9 Å². The van der Waals surface area contributed by atoms with E-state index in [1.54, 1.807) is 0 Å². The van der Waals surface area contributed by atoms with Gasteiger partial charge in [-0.3, -0.25) is 0 Å². The molecule has 19 heavy (non-hydrogen) atoms. The van der Waals surface area contributed by atoms with Crippen LogP contribution in [-0.4, -0.2) is 42.2 Å². The highest BCUT2D eigenvalue weighted by Crippen LogP contribution is 2.21. The Morgan fingerprint density at radius 2 is 2.11 bits per heavy atom. The number of nitrogens with zero attached hydrogens (tertiary/aromatic N) is 2. The van der Waals surface area contributed by atoms with E-state index >= 15 is 0 Å². The number of likely N-dealkylation sites (tertiary alicyclic amines) is 1. The van der Waals surface area contributed by atoms with Crippen LogP contribution < -0.4 is 10.5 Å². The molecule has 3 N–H and O–H groups in total. The van der Waals surface area contributed by atoms with Gasteiger partial charge in [-0.25, -0.2) is 0 Å². The van der Waals surface area contributed by atoms with Crippen LogP contribution in [0.5, 0.6) is 5.75 Å². The smallest absolute Gasteiger partial charge is 0.170 e. The number of oxime groups is 1. The van der Waals surface area contributed by atoms with Crippen molar-refractivity contribution in [3.63, 3.8) is 0 Å². The van der Waals surface area contributed by atoms with Gasteiger partial charge in [-0.2, -0.15) is 0 Å². The normalized spacial score (nSPS) is 18.5. The van der Waals surface area contributed by atoms with Crippen molar-refractivity contribution >= 4 is 5.84 Å². The van der Waals surface area contributed by atoms with Crippen LogP contribution in [0.25, 0.3) is 0 Å². The van der Waals surface area contributed by atoms with Gasteiger partial charge in [-0.15, -0.1) is 0 Å². The Morgan fingerprint density at radius 3 is 2.68 bits per heavy atom. The van der Waals surface area contributed by atoms with Gasteiger partial charge in [0.25, 0.3) is 0 Å². The quantitative estimate of drug-likeness (QED) is 0.376. The summed E-state index contributed by atoms with van der Waals surface area (Å²) in [5.74, 6) is 0.977. The molecule has 0 aliphatic carbocycles. The first-order chi connectivity index (χ1) is 9.10. The van der Waals surface area contributed by atoms with Crippen molar-refractivity contribution in [1.29, 1.82) is 0 Å². The summed E-state index contributed by atoms with van der Waals surface area (Å²) in [5.41, 5.74) is 7.28. The van der Waals surface area contributed by atoms with E-state index in [0.29, 0.717) is 0 Å². The molecule has 5 heteroatoms. The molecule has 0 aromatic heterocycles. The fourth-order valence-electron chi connectivity index (χ4n) is 2.35. The first kappa shape index (κ1) is 13.7. The lowest BCUT2D eigenvalue weighted by Crippen LogP contribution is -2.35. The largest absolute Gasteiger partial charge is 0.490 e. The zero-order valence-electron chi connectivity index (χ0n) is 11.5. The molecule has 0 bridgehead atoms. The third-order valence-electron chi connectivity index (χ3n) is 3.55. The van der Waals surface area contributed by atoms with Crippen molar-refractivity contribution in [2.75, 3.05) is 20.1 Å². The zero-order valence-corrected chi connectivity index (χ0v) is 11.5. The summed E-state index contributed by atoms with van der Waals surface area (Å²) in [6.45, 7) is 4.08. The summed E-state index contributed by atoms with van der Waals surface area (Å²) < 4.78 is 5.98. The SMILES string of the molecule is Cc1cc(OC2CCN(C)CC2)ccc1/C(N)=N/O. The van der Waals surface area contributed by atoms with E-state index in [1.165, 1.54) is 0 Å². The minimum Gasteiger partial charge on any atom is -0.490 e. The molecule has 5 nitrogen and oxygen atoms in total. The summed E-state index contributed by atoms with van der Waals surface area (Å²) in [7, 11) is 2.13. The third-order valence-corrected chi connectivity index (χ3v) is 3.55. The molecule has 2 rings (SSSR count). The van der Waals surface area contributed by atoms with Gasteiger partial charge >= 0.3 is 0 Å². The first-order valence-electron chi connectivity index (χ1n) is 6.54. The second-order valence-electron chi connectivity index (χ2n) is 5.08. The minimum absolute atomic E-state index is 0.128. The van der Waals surface area contributed by atoms with E-state index in [0.717, 1.165) is 42.8 Å². The predicted molar refractivity (Wildman–Crippen MR) is 74.8 cm³/mol. The third kappa shape index (κ3) is 3.38. The van der Waals surface area contributed by atoms with Crippen LogP contribution in [0, 0.1) is 6.92 Å². The van der Waals surface area contributed by atoms with Gasteiger partial charge in [0.15, 0.2) is 5.84 Å². The number of piperidine rings is 1. The molecule has 1 saturated heterocycles. The maximum atomic E-state index is 8.69. The van der Waals surface area contributed by atoms with E-state index in [9.17, 15) is 0 Å². The van der Waals surface area contributed by atoms with Crippen molar-refractivity contribution in [2.45, 2.75) is 25.9 Å². The number of rotatable bonds is 3. The van der Waals surface area contributed by atoms with Gasteiger partial charge in [0.1, 0.15) is 11.9 Å². The molecule has 1 aliphatic heterocycles. The Kier molecular flexibility index (Phi) is 4.27. The van der Waals surface area contributed by atoms with Crippen LogP contribution in [0.1, 0.15) is 24.0 Å². The second-order valence-corrected chi connectivity index (χ2v) is 5.08. The van der Waals surface area contributed by atoms with Crippen LogP contribution in [0.15, 0.2) is 23.4 Å². The Labute approximate surface area is 113 Å². The second kappa shape index (κ2) is 5.93. The average Bonchev–Trinajstić information content (AvgIpc) is 2.41. The van der Waals surface area contributed by atoms with E-state index < -0.39 is 0 Å². The Bertz CT molecular complexity index is 466. The number of benzene rings is 1. The van der Waals surface area contributed by atoms with E-state index in [1.807, 2.05) is 25.1 Å². The number of aryl methyl sites for hydroxylation is 1. The number of hydrogen-bond acceptors (Lipinski definition) is 4. The molecule has 1 aromatic carbocycles. The van der Waals surface area contributed by atoms with Gasteiger partial charge < -0.3 is 20.6 Å². The minimum atomic E-state index is 0.128. The number of ether oxygens (including phenoxy) is 1. The van der Waals surface area contributed by atoms with Gasteiger partial charge in [-0.05, 0) is 50.6 Å².